The average Bonchev–Trinajstić information content (AvgIpc) is 3.09. The van der Waals surface area contributed by atoms with Crippen LogP contribution in [0.15, 0.2) is 17.3 Å². The zero-order chi connectivity index (χ0) is 15.8. The smallest absolute Gasteiger partial charge is 0.257 e. The molecule has 2 aliphatic rings. The van der Waals surface area contributed by atoms with Gasteiger partial charge in [0.25, 0.3) is 6.43 Å². The van der Waals surface area contributed by atoms with E-state index in [9.17, 15) is 17.2 Å². The molecule has 0 bridgehead atoms. The van der Waals surface area contributed by atoms with Gasteiger partial charge >= 0.3 is 0 Å². The van der Waals surface area contributed by atoms with Crippen LogP contribution < -0.4 is 0 Å². The molecule has 1 aromatic rings. The first-order valence-corrected chi connectivity index (χ1v) is 8.37. The molecule has 0 amide bonds. The van der Waals surface area contributed by atoms with Crippen LogP contribution in [0.4, 0.5) is 8.78 Å². The van der Waals surface area contributed by atoms with Crippen molar-refractivity contribution in [2.24, 2.45) is 0 Å². The zero-order valence-electron chi connectivity index (χ0n) is 11.8. The molecular weight excluding hydrogens is 320 g/mol. The lowest BCUT2D eigenvalue weighted by atomic mass is 9.99. The van der Waals surface area contributed by atoms with Crippen molar-refractivity contribution in [3.05, 3.63) is 12.4 Å². The number of hydrogen-bond donors (Lipinski definition) is 0. The van der Waals surface area contributed by atoms with Gasteiger partial charge in [0, 0.05) is 19.3 Å². The molecule has 2 fully saturated rings. The largest absolute Gasteiger partial charge is 0.379 e. The Balaban J connectivity index is 1.89. The van der Waals surface area contributed by atoms with E-state index in [4.69, 9.17) is 9.47 Å². The van der Waals surface area contributed by atoms with Crippen LogP contribution in [0, 0.1) is 0 Å². The quantitative estimate of drug-likeness (QED) is 0.792. The van der Waals surface area contributed by atoms with E-state index < -0.39 is 28.5 Å². The number of nitrogens with zero attached hydrogens (tertiary/aromatic N) is 3. The van der Waals surface area contributed by atoms with Gasteiger partial charge in [0.1, 0.15) is 11.4 Å². The maximum absolute atomic E-state index is 12.8. The van der Waals surface area contributed by atoms with Gasteiger partial charge in [-0.1, -0.05) is 0 Å². The summed E-state index contributed by atoms with van der Waals surface area (Å²) in [6.07, 6.45) is 0.211. The first kappa shape index (κ1) is 15.8. The van der Waals surface area contributed by atoms with Crippen LogP contribution in [0.5, 0.6) is 0 Å². The Morgan fingerprint density at radius 3 is 2.68 bits per heavy atom. The zero-order valence-corrected chi connectivity index (χ0v) is 12.6. The van der Waals surface area contributed by atoms with Gasteiger partial charge in [-0.15, -0.1) is 0 Å². The highest BCUT2D eigenvalue weighted by Gasteiger charge is 2.49. The number of alkyl halides is 2. The van der Waals surface area contributed by atoms with Crippen molar-refractivity contribution >= 4 is 10.0 Å². The molecule has 22 heavy (non-hydrogen) atoms. The third-order valence-corrected chi connectivity index (χ3v) is 5.90. The highest BCUT2D eigenvalue weighted by Crippen LogP contribution is 2.34. The first-order valence-electron chi connectivity index (χ1n) is 6.93. The number of sulfonamides is 1. The maximum atomic E-state index is 12.8. The van der Waals surface area contributed by atoms with Crippen molar-refractivity contribution in [2.75, 3.05) is 33.0 Å². The van der Waals surface area contributed by atoms with E-state index in [1.54, 1.807) is 0 Å². The molecule has 2 saturated heterocycles. The fourth-order valence-corrected chi connectivity index (χ4v) is 4.56. The molecule has 3 heterocycles. The lowest BCUT2D eigenvalue weighted by molar-refractivity contribution is -0.0293. The minimum absolute atomic E-state index is 0.0821. The van der Waals surface area contributed by atoms with Crippen LogP contribution in [-0.2, 0) is 26.0 Å². The summed E-state index contributed by atoms with van der Waals surface area (Å²) in [7, 11) is -3.82. The van der Waals surface area contributed by atoms with E-state index >= 15 is 0 Å². The maximum Gasteiger partial charge on any atom is 0.257 e. The lowest BCUT2D eigenvalue weighted by Crippen LogP contribution is -2.59. The Morgan fingerprint density at radius 2 is 2.05 bits per heavy atom. The summed E-state index contributed by atoms with van der Waals surface area (Å²) in [6.45, 7) is 0.902. The molecule has 0 aromatic carbocycles. The van der Waals surface area contributed by atoms with E-state index in [1.165, 1.54) is 4.31 Å². The van der Waals surface area contributed by atoms with Crippen LogP contribution in [0.1, 0.15) is 6.42 Å². The molecule has 2 aliphatic heterocycles. The third-order valence-electron chi connectivity index (χ3n) is 3.94. The van der Waals surface area contributed by atoms with E-state index in [1.807, 2.05) is 0 Å². The Bertz CT molecular complexity index is 628. The van der Waals surface area contributed by atoms with E-state index in [0.717, 1.165) is 17.1 Å². The third kappa shape index (κ3) is 2.75. The monoisotopic (exact) mass is 337 g/mol. The molecule has 1 aromatic heterocycles. The SMILES string of the molecule is O=S(=O)(c1cnn(CC(F)F)c1)N1CCOC[C@@]12CCOC2. The predicted octanol–water partition coefficient (Wildman–Crippen LogP) is 0.328. The van der Waals surface area contributed by atoms with Crippen LogP contribution in [0.2, 0.25) is 0 Å². The molecule has 3 rings (SSSR count). The van der Waals surface area contributed by atoms with Crippen LogP contribution in [0.3, 0.4) is 0 Å². The average molecular weight is 337 g/mol. The standard InChI is InChI=1S/C12H17F2N3O4S/c13-11(14)7-16-6-10(5-15-16)22(18,19)17-2-4-21-9-12(17)1-3-20-8-12/h5-6,11H,1-4,7-9H2/t12-/m0/s1. The summed E-state index contributed by atoms with van der Waals surface area (Å²) in [5.74, 6) is 0. The molecule has 0 saturated carbocycles. The van der Waals surface area contributed by atoms with Crippen LogP contribution >= 0.6 is 0 Å². The first-order chi connectivity index (χ1) is 10.4. The second kappa shape index (κ2) is 5.84. The molecular formula is C12H17F2N3O4S. The lowest BCUT2D eigenvalue weighted by Gasteiger charge is -2.41. The number of hydrogen-bond acceptors (Lipinski definition) is 5. The highest BCUT2D eigenvalue weighted by atomic mass is 32.2. The number of rotatable bonds is 4. The number of aromatic nitrogens is 2. The summed E-state index contributed by atoms with van der Waals surface area (Å²) in [6, 6.07) is 0. The van der Waals surface area contributed by atoms with Gasteiger partial charge in [-0.2, -0.15) is 9.40 Å². The van der Waals surface area contributed by atoms with Crippen LogP contribution in [-0.4, -0.2) is 67.4 Å². The Labute approximate surface area is 126 Å². The number of halogens is 2. The number of ether oxygens (including phenoxy) is 2. The van der Waals surface area contributed by atoms with Crippen molar-refractivity contribution in [3.8, 4) is 0 Å². The van der Waals surface area contributed by atoms with Gasteiger partial charge in [-0.05, 0) is 6.42 Å². The Kier molecular flexibility index (Phi) is 4.19. The van der Waals surface area contributed by atoms with Gasteiger partial charge in [0.2, 0.25) is 10.0 Å². The summed E-state index contributed by atoms with van der Waals surface area (Å²) >= 11 is 0. The van der Waals surface area contributed by atoms with E-state index in [-0.39, 0.29) is 24.7 Å². The number of morpholine rings is 1. The molecule has 0 radical (unpaired) electrons. The molecule has 124 valence electrons. The molecule has 1 atom stereocenters. The summed E-state index contributed by atoms with van der Waals surface area (Å²) in [4.78, 5) is -0.0821. The summed E-state index contributed by atoms with van der Waals surface area (Å²) < 4.78 is 63.5. The molecule has 10 heteroatoms. The van der Waals surface area contributed by atoms with Gasteiger partial charge in [0.15, 0.2) is 0 Å². The molecule has 0 unspecified atom stereocenters. The van der Waals surface area contributed by atoms with Crippen molar-refractivity contribution in [2.45, 2.75) is 29.8 Å². The fraction of sp³-hybridized carbons (Fsp3) is 0.750. The van der Waals surface area contributed by atoms with E-state index in [2.05, 4.69) is 5.10 Å². The predicted molar refractivity (Wildman–Crippen MR) is 71.1 cm³/mol. The van der Waals surface area contributed by atoms with Gasteiger partial charge in [0.05, 0.1) is 31.6 Å². The molecule has 0 N–H and O–H groups in total. The van der Waals surface area contributed by atoms with E-state index in [0.29, 0.717) is 19.6 Å². The highest BCUT2D eigenvalue weighted by molar-refractivity contribution is 7.89. The topological polar surface area (TPSA) is 73.7 Å². The normalized spacial score (nSPS) is 27.0. The van der Waals surface area contributed by atoms with Gasteiger partial charge in [-0.25, -0.2) is 17.2 Å². The van der Waals surface area contributed by atoms with Crippen molar-refractivity contribution in [3.63, 3.8) is 0 Å². The minimum atomic E-state index is -3.82. The second-order valence-electron chi connectivity index (χ2n) is 5.45. The fourth-order valence-electron chi connectivity index (χ4n) is 2.85. The van der Waals surface area contributed by atoms with Crippen molar-refractivity contribution in [1.82, 2.24) is 14.1 Å². The molecule has 1 spiro atoms. The van der Waals surface area contributed by atoms with Crippen molar-refractivity contribution < 1.29 is 26.7 Å². The Morgan fingerprint density at radius 1 is 1.32 bits per heavy atom. The van der Waals surface area contributed by atoms with Gasteiger partial charge < -0.3 is 9.47 Å². The second-order valence-corrected chi connectivity index (χ2v) is 7.31. The van der Waals surface area contributed by atoms with Gasteiger partial charge in [-0.3, -0.25) is 4.68 Å². The van der Waals surface area contributed by atoms with Crippen LogP contribution in [0.25, 0.3) is 0 Å². The summed E-state index contributed by atoms with van der Waals surface area (Å²) in [5, 5.41) is 3.70. The molecule has 0 aliphatic carbocycles. The van der Waals surface area contributed by atoms with Crippen molar-refractivity contribution in [1.29, 1.82) is 0 Å². The summed E-state index contributed by atoms with van der Waals surface area (Å²) in [5.41, 5.74) is -0.706. The molecule has 7 nitrogen and oxygen atoms in total. The Hall–Kier alpha value is -1.10. The minimum Gasteiger partial charge on any atom is -0.379 e.